The Morgan fingerprint density at radius 3 is 1.94 bits per heavy atom. The molecule has 0 aliphatic rings. The van der Waals surface area contributed by atoms with Crippen LogP contribution < -0.4 is 5.32 Å². The first kappa shape index (κ1) is 25.7. The quantitative estimate of drug-likeness (QED) is 0.478. The molecule has 1 N–H and O–H groups in total. The Kier molecular flexibility index (Phi) is 7.95. The Morgan fingerprint density at radius 2 is 1.35 bits per heavy atom. The number of sulfonamides is 1. The lowest BCUT2D eigenvalue weighted by Crippen LogP contribution is -2.41. The lowest BCUT2D eigenvalue weighted by molar-refractivity contribution is -0.122. The molecule has 3 aromatic rings. The highest BCUT2D eigenvalue weighted by molar-refractivity contribution is 7.89. The fourth-order valence-corrected chi connectivity index (χ4v) is 5.34. The minimum atomic E-state index is -3.87. The summed E-state index contributed by atoms with van der Waals surface area (Å²) in [5, 5.41) is 3.00. The third-order valence-electron chi connectivity index (χ3n) is 6.18. The van der Waals surface area contributed by atoms with Gasteiger partial charge < -0.3 is 5.32 Å². The van der Waals surface area contributed by atoms with Gasteiger partial charge in [-0.1, -0.05) is 59.7 Å². The number of aryl methyl sites for hydroxylation is 5. The zero-order valence-corrected chi connectivity index (χ0v) is 21.7. The summed E-state index contributed by atoms with van der Waals surface area (Å²) < 4.78 is 28.2. The number of rotatable bonds is 8. The topological polar surface area (TPSA) is 66.5 Å². The standard InChI is InChI=1S/C28H34N2O3S/c1-19-7-11-25(12-8-19)17-30(34(32,33)26-13-9-20(2)10-14-26)18-28(31)29-24(6)27-16-22(4)21(3)15-23(27)5/h7-16,24H,17-18H2,1-6H3,(H,29,31)/t24-/m0/s1. The van der Waals surface area contributed by atoms with Crippen LogP contribution in [0.3, 0.4) is 0 Å². The summed E-state index contributed by atoms with van der Waals surface area (Å²) in [5.41, 5.74) is 7.37. The normalized spacial score (nSPS) is 12.6. The molecule has 0 saturated heterocycles. The number of amides is 1. The molecule has 5 nitrogen and oxygen atoms in total. The van der Waals surface area contributed by atoms with Crippen molar-refractivity contribution in [3.63, 3.8) is 0 Å². The maximum absolute atomic E-state index is 13.5. The maximum Gasteiger partial charge on any atom is 0.243 e. The average molecular weight is 479 g/mol. The van der Waals surface area contributed by atoms with Crippen molar-refractivity contribution in [3.8, 4) is 0 Å². The van der Waals surface area contributed by atoms with Gasteiger partial charge in [-0.15, -0.1) is 0 Å². The van der Waals surface area contributed by atoms with E-state index in [0.29, 0.717) is 0 Å². The van der Waals surface area contributed by atoms with E-state index in [1.165, 1.54) is 9.87 Å². The molecule has 3 aromatic carbocycles. The molecule has 1 amide bonds. The highest BCUT2D eigenvalue weighted by atomic mass is 32.2. The summed E-state index contributed by atoms with van der Waals surface area (Å²) in [4.78, 5) is 13.2. The van der Waals surface area contributed by atoms with Crippen LogP contribution in [-0.4, -0.2) is 25.2 Å². The molecular formula is C28H34N2O3S. The van der Waals surface area contributed by atoms with Gasteiger partial charge >= 0.3 is 0 Å². The van der Waals surface area contributed by atoms with Gasteiger partial charge in [0.05, 0.1) is 17.5 Å². The fraction of sp³-hybridized carbons (Fsp3) is 0.321. The third-order valence-corrected chi connectivity index (χ3v) is 7.99. The number of hydrogen-bond donors (Lipinski definition) is 1. The van der Waals surface area contributed by atoms with Gasteiger partial charge in [-0.2, -0.15) is 4.31 Å². The number of nitrogens with zero attached hydrogens (tertiary/aromatic N) is 1. The average Bonchev–Trinajstić information content (AvgIpc) is 2.77. The van der Waals surface area contributed by atoms with Gasteiger partial charge in [0.25, 0.3) is 0 Å². The van der Waals surface area contributed by atoms with Crippen LogP contribution in [0.1, 0.15) is 51.9 Å². The van der Waals surface area contributed by atoms with Gasteiger partial charge in [0.1, 0.15) is 0 Å². The summed E-state index contributed by atoms with van der Waals surface area (Å²) in [6, 6.07) is 18.3. The highest BCUT2D eigenvalue weighted by Crippen LogP contribution is 2.23. The molecule has 3 rings (SSSR count). The molecule has 180 valence electrons. The van der Waals surface area contributed by atoms with Crippen LogP contribution in [0.4, 0.5) is 0 Å². The van der Waals surface area contributed by atoms with Crippen molar-refractivity contribution in [2.75, 3.05) is 6.54 Å². The first-order valence-electron chi connectivity index (χ1n) is 11.5. The predicted molar refractivity (Wildman–Crippen MR) is 137 cm³/mol. The van der Waals surface area contributed by atoms with Gasteiger partial charge in [0, 0.05) is 6.54 Å². The van der Waals surface area contributed by atoms with Crippen molar-refractivity contribution in [2.45, 2.75) is 59.0 Å². The second kappa shape index (κ2) is 10.5. The molecular weight excluding hydrogens is 444 g/mol. The second-order valence-corrected chi connectivity index (χ2v) is 11.1. The van der Waals surface area contributed by atoms with E-state index in [0.717, 1.165) is 33.4 Å². The number of carbonyl (C=O) groups is 1. The van der Waals surface area contributed by atoms with E-state index in [2.05, 4.69) is 24.4 Å². The molecule has 0 aliphatic heterocycles. The molecule has 0 fully saturated rings. The van der Waals surface area contributed by atoms with Gasteiger partial charge in [0.2, 0.25) is 15.9 Å². The van der Waals surface area contributed by atoms with Crippen LogP contribution in [0.5, 0.6) is 0 Å². The Balaban J connectivity index is 1.85. The minimum Gasteiger partial charge on any atom is -0.348 e. The first-order valence-corrected chi connectivity index (χ1v) is 12.9. The van der Waals surface area contributed by atoms with Crippen molar-refractivity contribution >= 4 is 15.9 Å². The van der Waals surface area contributed by atoms with Crippen molar-refractivity contribution in [2.24, 2.45) is 0 Å². The fourth-order valence-electron chi connectivity index (χ4n) is 3.96. The zero-order valence-electron chi connectivity index (χ0n) is 20.8. The molecule has 34 heavy (non-hydrogen) atoms. The molecule has 0 saturated carbocycles. The van der Waals surface area contributed by atoms with Crippen LogP contribution in [0.25, 0.3) is 0 Å². The summed E-state index contributed by atoms with van der Waals surface area (Å²) in [6.45, 7) is 11.8. The van der Waals surface area contributed by atoms with E-state index in [9.17, 15) is 13.2 Å². The highest BCUT2D eigenvalue weighted by Gasteiger charge is 2.27. The van der Waals surface area contributed by atoms with E-state index in [4.69, 9.17) is 0 Å². The molecule has 0 heterocycles. The van der Waals surface area contributed by atoms with Crippen LogP contribution >= 0.6 is 0 Å². The number of carbonyl (C=O) groups excluding carboxylic acids is 1. The third kappa shape index (κ3) is 6.13. The molecule has 0 radical (unpaired) electrons. The Labute approximate surface area is 203 Å². The molecule has 0 bridgehead atoms. The van der Waals surface area contributed by atoms with E-state index in [-0.39, 0.29) is 29.9 Å². The molecule has 1 atom stereocenters. The van der Waals surface area contributed by atoms with Crippen LogP contribution in [-0.2, 0) is 21.4 Å². The van der Waals surface area contributed by atoms with E-state index in [1.807, 2.05) is 58.9 Å². The van der Waals surface area contributed by atoms with E-state index >= 15 is 0 Å². The molecule has 0 aromatic heterocycles. The molecule has 6 heteroatoms. The number of benzene rings is 3. The lowest BCUT2D eigenvalue weighted by atomic mass is 9.96. The Bertz CT molecular complexity index is 1260. The lowest BCUT2D eigenvalue weighted by Gasteiger charge is -2.24. The van der Waals surface area contributed by atoms with Gasteiger partial charge in [-0.3, -0.25) is 4.79 Å². The molecule has 0 unspecified atom stereocenters. The van der Waals surface area contributed by atoms with Gasteiger partial charge in [-0.25, -0.2) is 8.42 Å². The summed E-state index contributed by atoms with van der Waals surface area (Å²) >= 11 is 0. The zero-order chi connectivity index (χ0) is 25.0. The monoisotopic (exact) mass is 478 g/mol. The SMILES string of the molecule is Cc1ccc(CN(CC(=O)N[C@@H](C)c2cc(C)c(C)cc2C)S(=O)(=O)c2ccc(C)cc2)cc1. The van der Waals surface area contributed by atoms with Crippen molar-refractivity contribution in [1.29, 1.82) is 0 Å². The molecule has 0 aliphatic carbocycles. The maximum atomic E-state index is 13.5. The summed E-state index contributed by atoms with van der Waals surface area (Å²) in [5.74, 6) is -0.340. The van der Waals surface area contributed by atoms with Crippen LogP contribution in [0.2, 0.25) is 0 Å². The van der Waals surface area contributed by atoms with E-state index < -0.39 is 10.0 Å². The van der Waals surface area contributed by atoms with Crippen LogP contribution in [0, 0.1) is 34.6 Å². The van der Waals surface area contributed by atoms with E-state index in [1.54, 1.807) is 24.3 Å². The van der Waals surface area contributed by atoms with Crippen molar-refractivity contribution < 1.29 is 13.2 Å². The van der Waals surface area contributed by atoms with Gasteiger partial charge in [-0.05, 0) is 81.5 Å². The number of nitrogens with one attached hydrogen (secondary N) is 1. The smallest absolute Gasteiger partial charge is 0.243 e. The first-order chi connectivity index (χ1) is 16.0. The predicted octanol–water partition coefficient (Wildman–Crippen LogP) is 5.30. The molecule has 0 spiro atoms. The summed E-state index contributed by atoms with van der Waals surface area (Å²) in [7, 11) is -3.87. The minimum absolute atomic E-state index is 0.112. The van der Waals surface area contributed by atoms with Crippen molar-refractivity contribution in [1.82, 2.24) is 9.62 Å². The second-order valence-electron chi connectivity index (χ2n) is 9.15. The van der Waals surface area contributed by atoms with Gasteiger partial charge in [0.15, 0.2) is 0 Å². The van der Waals surface area contributed by atoms with Crippen molar-refractivity contribution in [3.05, 3.63) is 99.6 Å². The number of hydrogen-bond acceptors (Lipinski definition) is 3. The Hall–Kier alpha value is -2.96. The summed E-state index contributed by atoms with van der Waals surface area (Å²) in [6.07, 6.45) is 0. The van der Waals surface area contributed by atoms with Crippen LogP contribution in [0.15, 0.2) is 65.6 Å². The largest absolute Gasteiger partial charge is 0.348 e. The Morgan fingerprint density at radius 1 is 0.824 bits per heavy atom.